The molecule has 0 unspecified atom stereocenters. The monoisotopic (exact) mass is 649 g/mol. The highest BCUT2D eigenvalue weighted by Gasteiger charge is 2.19. The van der Waals surface area contributed by atoms with Crippen molar-refractivity contribution in [1.29, 1.82) is 0 Å². The molecule has 0 N–H and O–H groups in total. The van der Waals surface area contributed by atoms with Gasteiger partial charge in [0.1, 0.15) is 0 Å². The van der Waals surface area contributed by atoms with Crippen molar-refractivity contribution >= 4 is 53.9 Å². The number of aryl methyl sites for hydroxylation is 1. The summed E-state index contributed by atoms with van der Waals surface area (Å²) in [5.74, 6) is 0.689. The Morgan fingerprint density at radius 3 is 1.67 bits per heavy atom. The van der Waals surface area contributed by atoms with Gasteiger partial charge < -0.3 is 0 Å². The third-order valence-electron chi connectivity index (χ3n) is 10.3. The van der Waals surface area contributed by atoms with Crippen molar-refractivity contribution in [2.24, 2.45) is 0 Å². The Hall–Kier alpha value is -6.71. The molecular weight excluding hydrogens is 619 g/mol. The molecule has 2 aromatic heterocycles. The van der Waals surface area contributed by atoms with Crippen LogP contribution in [0.4, 0.5) is 0 Å². The van der Waals surface area contributed by atoms with E-state index in [2.05, 4.69) is 171 Å². The number of hydrogen-bond donors (Lipinski definition) is 0. The van der Waals surface area contributed by atoms with E-state index in [4.69, 9.17) is 15.0 Å². The first kappa shape index (κ1) is 29.2. The number of benzene rings is 8. The standard InChI is InChI=1S/C48H31N3/c1-30-35-14-6-7-17-38(35)40-19-10-11-21-42(40)46(30)45-29-44(43-28-34-13-3-4-15-36(34)39-18-8-9-20-41(39)43)50-48(51-45)33-24-22-32(23-25-33)47-37-16-5-2-12-31(37)26-27-49-47/h2-29H,1H3. The van der Waals surface area contributed by atoms with Gasteiger partial charge in [-0.1, -0.05) is 146 Å². The van der Waals surface area contributed by atoms with Crippen LogP contribution in [-0.4, -0.2) is 15.0 Å². The van der Waals surface area contributed by atoms with E-state index in [0.717, 1.165) is 44.7 Å². The molecule has 0 radical (unpaired) electrons. The van der Waals surface area contributed by atoms with Gasteiger partial charge in [-0.2, -0.15) is 0 Å². The lowest BCUT2D eigenvalue weighted by molar-refractivity contribution is 1.18. The zero-order valence-corrected chi connectivity index (χ0v) is 28.0. The van der Waals surface area contributed by atoms with E-state index in [1.165, 1.54) is 54.0 Å². The topological polar surface area (TPSA) is 38.7 Å². The predicted molar refractivity (Wildman–Crippen MR) is 214 cm³/mol. The summed E-state index contributed by atoms with van der Waals surface area (Å²) >= 11 is 0. The maximum absolute atomic E-state index is 5.39. The minimum absolute atomic E-state index is 0.689. The van der Waals surface area contributed by atoms with E-state index < -0.39 is 0 Å². The molecule has 0 fully saturated rings. The first-order valence-corrected chi connectivity index (χ1v) is 17.4. The van der Waals surface area contributed by atoms with Crippen LogP contribution in [0.2, 0.25) is 0 Å². The first-order valence-electron chi connectivity index (χ1n) is 17.4. The number of fused-ring (bicyclic) bond motifs is 7. The fourth-order valence-electron chi connectivity index (χ4n) is 7.88. The Bertz CT molecular complexity index is 2970. The van der Waals surface area contributed by atoms with Gasteiger partial charge in [0.25, 0.3) is 0 Å². The lowest BCUT2D eigenvalue weighted by Crippen LogP contribution is -1.99. The highest BCUT2D eigenvalue weighted by Crippen LogP contribution is 2.41. The Kier molecular flexibility index (Phi) is 6.71. The van der Waals surface area contributed by atoms with Gasteiger partial charge in [-0.05, 0) is 79.2 Å². The molecule has 238 valence electrons. The molecule has 2 heterocycles. The molecular formula is C48H31N3. The number of rotatable bonds is 4. The second kappa shape index (κ2) is 11.7. The fraction of sp³-hybridized carbons (Fsp3) is 0.0208. The normalized spacial score (nSPS) is 11.6. The van der Waals surface area contributed by atoms with Crippen LogP contribution in [0.3, 0.4) is 0 Å². The Balaban J connectivity index is 1.24. The van der Waals surface area contributed by atoms with Crippen molar-refractivity contribution in [2.45, 2.75) is 6.92 Å². The molecule has 0 aliphatic heterocycles. The van der Waals surface area contributed by atoms with Gasteiger partial charge in [-0.15, -0.1) is 0 Å². The summed E-state index contributed by atoms with van der Waals surface area (Å²) in [5.41, 5.74) is 8.22. The molecule has 0 aliphatic rings. The lowest BCUT2D eigenvalue weighted by atomic mass is 9.90. The van der Waals surface area contributed by atoms with Gasteiger partial charge >= 0.3 is 0 Å². The third-order valence-corrected chi connectivity index (χ3v) is 10.3. The maximum atomic E-state index is 5.39. The van der Waals surface area contributed by atoms with E-state index in [1.54, 1.807) is 0 Å². The van der Waals surface area contributed by atoms with Crippen molar-refractivity contribution in [3.63, 3.8) is 0 Å². The zero-order valence-electron chi connectivity index (χ0n) is 28.0. The Morgan fingerprint density at radius 1 is 0.392 bits per heavy atom. The van der Waals surface area contributed by atoms with Crippen molar-refractivity contribution < 1.29 is 0 Å². The molecule has 3 nitrogen and oxygen atoms in total. The maximum Gasteiger partial charge on any atom is 0.160 e. The number of nitrogens with zero attached hydrogens (tertiary/aromatic N) is 3. The van der Waals surface area contributed by atoms with Gasteiger partial charge in [0, 0.05) is 33.8 Å². The van der Waals surface area contributed by atoms with Gasteiger partial charge in [0.05, 0.1) is 17.1 Å². The van der Waals surface area contributed by atoms with Gasteiger partial charge in [-0.25, -0.2) is 9.97 Å². The van der Waals surface area contributed by atoms with Crippen LogP contribution in [0.5, 0.6) is 0 Å². The van der Waals surface area contributed by atoms with E-state index in [9.17, 15) is 0 Å². The first-order chi connectivity index (χ1) is 25.2. The molecule has 0 saturated carbocycles. The largest absolute Gasteiger partial charge is 0.256 e. The Labute approximate surface area is 295 Å². The molecule has 8 aromatic carbocycles. The van der Waals surface area contributed by atoms with Crippen LogP contribution in [0.25, 0.3) is 99.0 Å². The summed E-state index contributed by atoms with van der Waals surface area (Å²) in [7, 11) is 0. The number of aromatic nitrogens is 3. The quantitative estimate of drug-likeness (QED) is 0.178. The zero-order chi connectivity index (χ0) is 33.9. The summed E-state index contributed by atoms with van der Waals surface area (Å²) in [5, 5.41) is 12.0. The number of pyridine rings is 1. The van der Waals surface area contributed by atoms with Crippen LogP contribution in [0.1, 0.15) is 5.56 Å². The highest BCUT2D eigenvalue weighted by atomic mass is 14.9. The molecule has 0 amide bonds. The van der Waals surface area contributed by atoms with Crippen molar-refractivity contribution in [2.75, 3.05) is 0 Å². The molecule has 10 rings (SSSR count). The Morgan fingerprint density at radius 2 is 0.922 bits per heavy atom. The molecule has 0 saturated heterocycles. The van der Waals surface area contributed by atoms with Crippen molar-refractivity contribution in [3.8, 4) is 45.2 Å². The van der Waals surface area contributed by atoms with E-state index in [-0.39, 0.29) is 0 Å². The predicted octanol–water partition coefficient (Wildman–Crippen LogP) is 12.6. The number of hydrogen-bond acceptors (Lipinski definition) is 3. The SMILES string of the molecule is Cc1c(-c2cc(-c3cc4ccccc4c4ccccc34)nc(-c3ccc(-c4nccc5ccccc45)cc3)n2)c2ccccc2c2ccccc12. The molecule has 51 heavy (non-hydrogen) atoms. The lowest BCUT2D eigenvalue weighted by Gasteiger charge is -2.17. The average Bonchev–Trinajstić information content (AvgIpc) is 3.20. The van der Waals surface area contributed by atoms with E-state index in [0.29, 0.717) is 5.82 Å². The average molecular weight is 650 g/mol. The minimum Gasteiger partial charge on any atom is -0.256 e. The minimum atomic E-state index is 0.689. The van der Waals surface area contributed by atoms with Gasteiger partial charge in [0.2, 0.25) is 0 Å². The highest BCUT2D eigenvalue weighted by molar-refractivity contribution is 6.16. The molecule has 0 spiro atoms. The molecule has 0 bridgehead atoms. The third kappa shape index (κ3) is 4.78. The van der Waals surface area contributed by atoms with Crippen LogP contribution >= 0.6 is 0 Å². The smallest absolute Gasteiger partial charge is 0.160 e. The van der Waals surface area contributed by atoms with Crippen LogP contribution in [0.15, 0.2) is 170 Å². The molecule has 0 aliphatic carbocycles. The molecule has 3 heteroatoms. The molecule has 10 aromatic rings. The van der Waals surface area contributed by atoms with E-state index in [1.807, 2.05) is 6.20 Å². The summed E-state index contributed by atoms with van der Waals surface area (Å²) in [6, 6.07) is 58.1. The summed E-state index contributed by atoms with van der Waals surface area (Å²) in [4.78, 5) is 15.5. The van der Waals surface area contributed by atoms with Crippen LogP contribution < -0.4 is 0 Å². The summed E-state index contributed by atoms with van der Waals surface area (Å²) in [6.07, 6.45) is 1.88. The van der Waals surface area contributed by atoms with Crippen molar-refractivity contribution in [1.82, 2.24) is 15.0 Å². The summed E-state index contributed by atoms with van der Waals surface area (Å²) < 4.78 is 0. The fourth-order valence-corrected chi connectivity index (χ4v) is 7.88. The molecule has 0 atom stereocenters. The second-order valence-electron chi connectivity index (χ2n) is 13.2. The van der Waals surface area contributed by atoms with E-state index >= 15 is 0 Å². The van der Waals surface area contributed by atoms with Gasteiger partial charge in [0.15, 0.2) is 5.82 Å². The van der Waals surface area contributed by atoms with Gasteiger partial charge in [-0.3, -0.25) is 4.98 Å². The second-order valence-corrected chi connectivity index (χ2v) is 13.2. The van der Waals surface area contributed by atoms with Crippen molar-refractivity contribution in [3.05, 3.63) is 176 Å². The summed E-state index contributed by atoms with van der Waals surface area (Å²) in [6.45, 7) is 2.23. The van der Waals surface area contributed by atoms with Crippen LogP contribution in [0, 0.1) is 6.92 Å². The van der Waals surface area contributed by atoms with Crippen LogP contribution in [-0.2, 0) is 0 Å².